The predicted octanol–water partition coefficient (Wildman–Crippen LogP) is 0.625. The minimum absolute atomic E-state index is 0.432. The molecule has 144 valence electrons. The van der Waals surface area contributed by atoms with Crippen molar-refractivity contribution in [1.82, 2.24) is 49.4 Å². The fraction of sp³-hybridized carbons (Fsp3) is 0.647. The summed E-state index contributed by atoms with van der Waals surface area (Å²) in [6, 6.07) is 0. The lowest BCUT2D eigenvalue weighted by atomic mass is 9.97. The molecule has 0 spiro atoms. The van der Waals surface area contributed by atoms with Gasteiger partial charge in [-0.05, 0) is 49.7 Å². The lowest BCUT2D eigenvalue weighted by molar-refractivity contribution is 0.197. The van der Waals surface area contributed by atoms with Crippen LogP contribution in [0.1, 0.15) is 42.7 Å². The van der Waals surface area contributed by atoms with E-state index in [9.17, 15) is 0 Å². The van der Waals surface area contributed by atoms with Crippen LogP contribution in [-0.4, -0.2) is 69.1 Å². The number of hydrogen-bond acceptors (Lipinski definition) is 7. The second-order valence-electron chi connectivity index (χ2n) is 7.20. The number of aromatic nitrogens is 9. The molecule has 0 radical (unpaired) electrons. The van der Waals surface area contributed by atoms with Gasteiger partial charge in [-0.1, -0.05) is 0 Å². The lowest BCUT2D eigenvalue weighted by Crippen LogP contribution is -2.36. The molecule has 4 rings (SSSR count). The van der Waals surface area contributed by atoms with E-state index in [0.29, 0.717) is 12.5 Å². The van der Waals surface area contributed by atoms with Gasteiger partial charge in [-0.25, -0.2) is 9.67 Å². The maximum absolute atomic E-state index is 4.53. The van der Waals surface area contributed by atoms with Gasteiger partial charge in [-0.15, -0.1) is 15.3 Å². The Balaban J connectivity index is 1.36. The SMILES string of the molecule is Cc1nccn1Cc1nnc([C@@H]2CCCN(CCCn3cnnn3)C2)n1C. The first kappa shape index (κ1) is 17.8. The Bertz CT molecular complexity index is 849. The zero-order valence-corrected chi connectivity index (χ0v) is 15.9. The van der Waals surface area contributed by atoms with Gasteiger partial charge >= 0.3 is 0 Å². The largest absolute Gasteiger partial charge is 0.328 e. The highest BCUT2D eigenvalue weighted by molar-refractivity contribution is 5.05. The zero-order chi connectivity index (χ0) is 18.6. The number of likely N-dealkylation sites (tertiary alicyclic amines) is 1. The highest BCUT2D eigenvalue weighted by Crippen LogP contribution is 2.26. The number of aryl methyl sites for hydroxylation is 2. The molecule has 1 aliphatic heterocycles. The molecule has 0 bridgehead atoms. The van der Waals surface area contributed by atoms with Crippen molar-refractivity contribution in [2.75, 3.05) is 19.6 Å². The maximum atomic E-state index is 4.53. The van der Waals surface area contributed by atoms with E-state index in [4.69, 9.17) is 0 Å². The van der Waals surface area contributed by atoms with Gasteiger partial charge in [0.15, 0.2) is 5.82 Å². The zero-order valence-electron chi connectivity index (χ0n) is 15.9. The summed E-state index contributed by atoms with van der Waals surface area (Å²) in [5.41, 5.74) is 0. The molecule has 10 heteroatoms. The summed E-state index contributed by atoms with van der Waals surface area (Å²) in [7, 11) is 2.08. The van der Waals surface area contributed by atoms with Crippen LogP contribution in [0.5, 0.6) is 0 Å². The fourth-order valence-electron chi connectivity index (χ4n) is 3.80. The first-order valence-electron chi connectivity index (χ1n) is 9.49. The standard InChI is InChI=1S/C17H26N10/c1-14-18-6-10-26(14)12-16-20-21-17(24(16)2)15-5-3-7-25(11-15)8-4-9-27-13-19-22-23-27/h6,10,13,15H,3-5,7-9,11-12H2,1-2H3/t15-/m1/s1. The summed E-state index contributed by atoms with van der Waals surface area (Å²) in [5.74, 6) is 3.49. The van der Waals surface area contributed by atoms with Crippen LogP contribution in [0.3, 0.4) is 0 Å². The maximum Gasteiger partial charge on any atom is 0.152 e. The summed E-state index contributed by atoms with van der Waals surface area (Å²) in [4.78, 5) is 6.80. The molecule has 0 N–H and O–H groups in total. The Hall–Kier alpha value is -2.62. The molecule has 0 aromatic carbocycles. The highest BCUT2D eigenvalue weighted by atomic mass is 15.5. The van der Waals surface area contributed by atoms with Gasteiger partial charge in [-0.2, -0.15) is 0 Å². The molecule has 0 unspecified atom stereocenters. The van der Waals surface area contributed by atoms with Crippen LogP contribution >= 0.6 is 0 Å². The molecule has 1 aliphatic rings. The average Bonchev–Trinajstić information content (AvgIpc) is 3.40. The molecule has 1 saturated heterocycles. The van der Waals surface area contributed by atoms with Crippen LogP contribution < -0.4 is 0 Å². The van der Waals surface area contributed by atoms with Gasteiger partial charge < -0.3 is 14.0 Å². The summed E-state index contributed by atoms with van der Waals surface area (Å²) < 4.78 is 6.04. The number of tetrazole rings is 1. The average molecular weight is 370 g/mol. The quantitative estimate of drug-likeness (QED) is 0.602. The Kier molecular flexibility index (Phi) is 5.23. The van der Waals surface area contributed by atoms with Crippen LogP contribution in [0, 0.1) is 6.92 Å². The number of rotatable bonds is 7. The van der Waals surface area contributed by atoms with E-state index in [2.05, 4.69) is 51.8 Å². The van der Waals surface area contributed by atoms with Crippen molar-refractivity contribution in [3.8, 4) is 0 Å². The van der Waals surface area contributed by atoms with Gasteiger partial charge in [0.05, 0.1) is 6.54 Å². The molecule has 27 heavy (non-hydrogen) atoms. The smallest absolute Gasteiger partial charge is 0.152 e. The predicted molar refractivity (Wildman–Crippen MR) is 97.9 cm³/mol. The lowest BCUT2D eigenvalue weighted by Gasteiger charge is -2.32. The van der Waals surface area contributed by atoms with Crippen LogP contribution in [0.25, 0.3) is 0 Å². The van der Waals surface area contributed by atoms with Crippen molar-refractivity contribution in [2.24, 2.45) is 7.05 Å². The van der Waals surface area contributed by atoms with E-state index in [0.717, 1.165) is 50.1 Å². The Morgan fingerprint density at radius 3 is 2.93 bits per heavy atom. The number of piperidine rings is 1. The third kappa shape index (κ3) is 4.05. The van der Waals surface area contributed by atoms with Crippen LogP contribution in [-0.2, 0) is 20.1 Å². The van der Waals surface area contributed by atoms with E-state index >= 15 is 0 Å². The minimum atomic E-state index is 0.432. The van der Waals surface area contributed by atoms with Crippen molar-refractivity contribution in [1.29, 1.82) is 0 Å². The van der Waals surface area contributed by atoms with Crippen LogP contribution in [0.4, 0.5) is 0 Å². The van der Waals surface area contributed by atoms with Crippen molar-refractivity contribution in [3.63, 3.8) is 0 Å². The first-order chi connectivity index (χ1) is 13.2. The molecule has 0 saturated carbocycles. The minimum Gasteiger partial charge on any atom is -0.328 e. The van der Waals surface area contributed by atoms with E-state index in [-0.39, 0.29) is 0 Å². The number of imidazole rings is 1. The number of hydrogen-bond donors (Lipinski definition) is 0. The van der Waals surface area contributed by atoms with E-state index < -0.39 is 0 Å². The van der Waals surface area contributed by atoms with Gasteiger partial charge in [0.2, 0.25) is 0 Å². The third-order valence-electron chi connectivity index (χ3n) is 5.36. The number of nitrogens with zero attached hydrogens (tertiary/aromatic N) is 10. The molecular weight excluding hydrogens is 344 g/mol. The van der Waals surface area contributed by atoms with Crippen LogP contribution in [0.2, 0.25) is 0 Å². The first-order valence-corrected chi connectivity index (χ1v) is 9.49. The molecule has 3 aromatic rings. The van der Waals surface area contributed by atoms with E-state index in [1.807, 2.05) is 19.3 Å². The Morgan fingerprint density at radius 2 is 2.15 bits per heavy atom. The summed E-state index contributed by atoms with van der Waals surface area (Å²) in [6.07, 6.45) is 8.87. The summed E-state index contributed by atoms with van der Waals surface area (Å²) >= 11 is 0. The molecule has 3 aromatic heterocycles. The Labute approximate surface area is 158 Å². The van der Waals surface area contributed by atoms with E-state index in [1.165, 1.54) is 12.8 Å². The van der Waals surface area contributed by atoms with E-state index in [1.54, 1.807) is 11.0 Å². The topological polar surface area (TPSA) is 95.4 Å². The van der Waals surface area contributed by atoms with Gasteiger partial charge in [0, 0.05) is 38.4 Å². The highest BCUT2D eigenvalue weighted by Gasteiger charge is 2.25. The van der Waals surface area contributed by atoms with Crippen LogP contribution in [0.15, 0.2) is 18.7 Å². The third-order valence-corrected chi connectivity index (χ3v) is 5.36. The van der Waals surface area contributed by atoms with Crippen molar-refractivity contribution in [2.45, 2.75) is 45.2 Å². The van der Waals surface area contributed by atoms with Gasteiger partial charge in [-0.3, -0.25) is 0 Å². The van der Waals surface area contributed by atoms with Gasteiger partial charge in [0.25, 0.3) is 0 Å². The molecule has 1 atom stereocenters. The molecule has 0 amide bonds. The normalized spacial score (nSPS) is 18.2. The molecule has 1 fully saturated rings. The second-order valence-corrected chi connectivity index (χ2v) is 7.20. The molecule has 4 heterocycles. The summed E-state index contributed by atoms with van der Waals surface area (Å²) in [5, 5.41) is 20.3. The molecule has 10 nitrogen and oxygen atoms in total. The van der Waals surface area contributed by atoms with Crippen molar-refractivity contribution >= 4 is 0 Å². The van der Waals surface area contributed by atoms with Gasteiger partial charge in [0.1, 0.15) is 18.0 Å². The van der Waals surface area contributed by atoms with Crippen molar-refractivity contribution < 1.29 is 0 Å². The van der Waals surface area contributed by atoms with Crippen molar-refractivity contribution in [3.05, 3.63) is 36.2 Å². The summed E-state index contributed by atoms with van der Waals surface area (Å²) in [6.45, 7) is 6.79. The molecule has 0 aliphatic carbocycles. The molecular formula is C17H26N10. The Morgan fingerprint density at radius 1 is 1.22 bits per heavy atom. The monoisotopic (exact) mass is 370 g/mol. The second kappa shape index (κ2) is 7.95. The fourth-order valence-corrected chi connectivity index (χ4v) is 3.80.